The summed E-state index contributed by atoms with van der Waals surface area (Å²) in [4.78, 5) is 0. The minimum absolute atomic E-state index is 0.0780. The molecule has 2 aliphatic carbocycles. The quantitative estimate of drug-likeness (QED) is 0.0632. The first-order valence-corrected chi connectivity index (χ1v) is 26.3. The summed E-state index contributed by atoms with van der Waals surface area (Å²) >= 11 is 0. The average Bonchev–Trinajstić information content (AvgIpc) is 3.82. The minimum atomic E-state index is -0.359. The van der Waals surface area contributed by atoms with Crippen LogP contribution in [0, 0.1) is 13.8 Å². The van der Waals surface area contributed by atoms with Crippen molar-refractivity contribution >= 4 is 12.6 Å². The van der Waals surface area contributed by atoms with E-state index in [9.17, 15) is 0 Å². The molecule has 1 saturated heterocycles. The van der Waals surface area contributed by atoms with Crippen molar-refractivity contribution in [1.29, 1.82) is 0 Å². The largest absolute Gasteiger partial charge is 0.494 e. The summed E-state index contributed by atoms with van der Waals surface area (Å²) in [5.41, 5.74) is 22.3. The van der Waals surface area contributed by atoms with Crippen LogP contribution in [0.15, 0.2) is 115 Å². The minimum Gasteiger partial charge on any atom is -0.399 e. The van der Waals surface area contributed by atoms with Crippen LogP contribution in [0.2, 0.25) is 0 Å². The Morgan fingerprint density at radius 2 is 0.806 bits per heavy atom. The summed E-state index contributed by atoms with van der Waals surface area (Å²) in [6.45, 7) is 22.5. The molecule has 2 nitrogen and oxygen atoms in total. The van der Waals surface area contributed by atoms with Gasteiger partial charge in [-0.05, 0) is 167 Å². The van der Waals surface area contributed by atoms with E-state index in [2.05, 4.69) is 184 Å². The van der Waals surface area contributed by atoms with Crippen molar-refractivity contribution in [3.05, 3.63) is 149 Å². The van der Waals surface area contributed by atoms with Gasteiger partial charge < -0.3 is 9.31 Å². The molecule has 6 aromatic carbocycles. The zero-order chi connectivity index (χ0) is 47.1. The molecule has 0 radical (unpaired) electrons. The number of rotatable bonds is 18. The summed E-state index contributed by atoms with van der Waals surface area (Å²) in [5, 5.41) is 0. The predicted molar refractivity (Wildman–Crippen MR) is 288 cm³/mol. The van der Waals surface area contributed by atoms with Crippen LogP contribution in [-0.2, 0) is 20.1 Å². The van der Waals surface area contributed by atoms with Gasteiger partial charge in [0.25, 0.3) is 0 Å². The van der Waals surface area contributed by atoms with Gasteiger partial charge in [0.05, 0.1) is 11.2 Å². The Morgan fingerprint density at radius 3 is 1.36 bits per heavy atom. The van der Waals surface area contributed by atoms with E-state index >= 15 is 0 Å². The monoisotopic (exact) mass is 889 g/mol. The highest BCUT2D eigenvalue weighted by Crippen LogP contribution is 2.56. The molecule has 1 aliphatic heterocycles. The van der Waals surface area contributed by atoms with Gasteiger partial charge in [-0.3, -0.25) is 0 Å². The van der Waals surface area contributed by atoms with E-state index in [1.807, 2.05) is 0 Å². The van der Waals surface area contributed by atoms with E-state index in [-0.39, 0.29) is 29.2 Å². The standard InChI is InChI=1S/C64H77BO2/c1-11-13-15-17-19-23-37-64(38-24-20-18-16-14-12-2)57-26-22-21-25-51(57)54-35-30-48(42-60(54)64)47-29-34-52-53-36-31-49(43-59(53)61(5,6)58(52)41-47)56-40-44(3)55(39-45(56)4)46-27-32-50(33-28-46)65-66-62(7,8)63(9,10)67-65/h21-22,25-36,39-43H,11-20,23-24,37-38H2,1-10H3. The van der Waals surface area contributed by atoms with Gasteiger partial charge in [0.1, 0.15) is 0 Å². The van der Waals surface area contributed by atoms with Gasteiger partial charge in [0.2, 0.25) is 0 Å². The van der Waals surface area contributed by atoms with E-state index in [0.717, 1.165) is 5.46 Å². The Morgan fingerprint density at radius 1 is 0.388 bits per heavy atom. The van der Waals surface area contributed by atoms with E-state index in [4.69, 9.17) is 9.31 Å². The van der Waals surface area contributed by atoms with Gasteiger partial charge in [0, 0.05) is 10.8 Å². The fourth-order valence-electron chi connectivity index (χ4n) is 12.0. The van der Waals surface area contributed by atoms with Crippen LogP contribution < -0.4 is 5.46 Å². The lowest BCUT2D eigenvalue weighted by atomic mass is 9.70. The van der Waals surface area contributed by atoms with Crippen molar-refractivity contribution < 1.29 is 9.31 Å². The van der Waals surface area contributed by atoms with Crippen molar-refractivity contribution in [2.24, 2.45) is 0 Å². The van der Waals surface area contributed by atoms with Gasteiger partial charge in [-0.15, -0.1) is 0 Å². The third-order valence-corrected chi connectivity index (χ3v) is 16.8. The lowest BCUT2D eigenvalue weighted by molar-refractivity contribution is 0.00578. The molecule has 0 aromatic heterocycles. The second-order valence-corrected chi connectivity index (χ2v) is 22.3. The van der Waals surface area contributed by atoms with Crippen LogP contribution in [0.1, 0.15) is 179 Å². The maximum Gasteiger partial charge on any atom is 0.494 e. The number of aryl methyl sites for hydroxylation is 2. The molecule has 3 heteroatoms. The zero-order valence-electron chi connectivity index (χ0n) is 42.8. The summed E-state index contributed by atoms with van der Waals surface area (Å²) in [6, 6.07) is 45.1. The molecule has 3 aliphatic rings. The molecule has 348 valence electrons. The zero-order valence-corrected chi connectivity index (χ0v) is 42.8. The highest BCUT2D eigenvalue weighted by Gasteiger charge is 2.51. The highest BCUT2D eigenvalue weighted by atomic mass is 16.7. The molecule has 0 unspecified atom stereocenters. The summed E-state index contributed by atoms with van der Waals surface area (Å²) in [5.74, 6) is 0. The summed E-state index contributed by atoms with van der Waals surface area (Å²) < 4.78 is 12.7. The normalized spacial score (nSPS) is 16.8. The number of unbranched alkanes of at least 4 members (excludes halogenated alkanes) is 10. The van der Waals surface area contributed by atoms with Gasteiger partial charge in [-0.2, -0.15) is 0 Å². The third kappa shape index (κ3) is 8.83. The van der Waals surface area contributed by atoms with Crippen molar-refractivity contribution in [1.82, 2.24) is 0 Å². The van der Waals surface area contributed by atoms with Crippen LogP contribution in [-0.4, -0.2) is 18.3 Å². The number of fused-ring (bicyclic) bond motifs is 6. The Labute approximate surface area is 405 Å². The summed E-state index contributed by atoms with van der Waals surface area (Å²) in [6.07, 6.45) is 18.5. The molecule has 0 bridgehead atoms. The van der Waals surface area contributed by atoms with Crippen molar-refractivity contribution in [2.45, 2.75) is 181 Å². The SMILES string of the molecule is CCCCCCCCC1(CCCCCCCC)c2ccccc2-c2ccc(-c3ccc4c(c3)C(C)(C)c3cc(-c5cc(C)c(-c6ccc(B7OC(C)(C)C(C)(C)O7)cc6)cc5C)ccc3-4)cc21. The number of benzene rings is 6. The Kier molecular flexibility index (Phi) is 13.4. The number of hydrogen-bond donors (Lipinski definition) is 0. The van der Waals surface area contributed by atoms with Crippen LogP contribution in [0.3, 0.4) is 0 Å². The first kappa shape index (κ1) is 47.4. The van der Waals surface area contributed by atoms with Gasteiger partial charge in [-0.25, -0.2) is 0 Å². The number of hydrogen-bond acceptors (Lipinski definition) is 2. The second-order valence-electron chi connectivity index (χ2n) is 22.3. The maximum absolute atomic E-state index is 6.35. The molecule has 0 amide bonds. The lowest BCUT2D eigenvalue weighted by Gasteiger charge is -2.33. The highest BCUT2D eigenvalue weighted by molar-refractivity contribution is 6.62. The maximum atomic E-state index is 6.35. The topological polar surface area (TPSA) is 18.5 Å². The van der Waals surface area contributed by atoms with Crippen LogP contribution in [0.25, 0.3) is 55.6 Å². The van der Waals surface area contributed by atoms with E-state index in [1.54, 1.807) is 11.1 Å². The van der Waals surface area contributed by atoms with Crippen LogP contribution in [0.4, 0.5) is 0 Å². The molecule has 9 rings (SSSR count). The summed E-state index contributed by atoms with van der Waals surface area (Å²) in [7, 11) is -0.358. The first-order chi connectivity index (χ1) is 32.2. The molecular formula is C64H77BO2. The van der Waals surface area contributed by atoms with Gasteiger partial charge in [-0.1, -0.05) is 202 Å². The molecule has 67 heavy (non-hydrogen) atoms. The van der Waals surface area contributed by atoms with E-state index in [1.165, 1.54) is 168 Å². The van der Waals surface area contributed by atoms with E-state index < -0.39 is 0 Å². The van der Waals surface area contributed by atoms with Crippen molar-refractivity contribution in [2.75, 3.05) is 0 Å². The first-order valence-electron chi connectivity index (χ1n) is 26.3. The molecule has 0 atom stereocenters. The fourth-order valence-corrected chi connectivity index (χ4v) is 12.0. The van der Waals surface area contributed by atoms with Crippen LogP contribution in [0.5, 0.6) is 0 Å². The van der Waals surface area contributed by atoms with Crippen molar-refractivity contribution in [3.8, 4) is 55.6 Å². The van der Waals surface area contributed by atoms with Crippen LogP contribution >= 0.6 is 0 Å². The molecule has 1 heterocycles. The molecule has 0 N–H and O–H groups in total. The van der Waals surface area contributed by atoms with Gasteiger partial charge >= 0.3 is 7.12 Å². The predicted octanol–water partition coefficient (Wildman–Crippen LogP) is 17.7. The molecule has 6 aromatic rings. The van der Waals surface area contributed by atoms with Crippen molar-refractivity contribution in [3.63, 3.8) is 0 Å². The van der Waals surface area contributed by atoms with Gasteiger partial charge in [0.15, 0.2) is 0 Å². The smallest absolute Gasteiger partial charge is 0.399 e. The lowest BCUT2D eigenvalue weighted by Crippen LogP contribution is -2.41. The Bertz CT molecular complexity index is 2700. The Balaban J connectivity index is 0.990. The average molecular weight is 889 g/mol. The fraction of sp³-hybridized carbons (Fsp3) is 0.438. The molecule has 0 saturated carbocycles. The second kappa shape index (κ2) is 19.0. The molecule has 0 spiro atoms. The molecular weight excluding hydrogens is 812 g/mol. The molecule has 1 fully saturated rings. The van der Waals surface area contributed by atoms with E-state index in [0.29, 0.717) is 0 Å². The third-order valence-electron chi connectivity index (χ3n) is 16.8. The Hall–Kier alpha value is -4.70.